The maximum Gasteiger partial charge on any atom is 0.408 e. The number of nitrogens with zero attached hydrogens (tertiary/aromatic N) is 3. The van der Waals surface area contributed by atoms with E-state index in [1.165, 1.54) is 29.4 Å². The topological polar surface area (TPSA) is 172 Å². The number of ether oxygens (including phenoxy) is 2. The van der Waals surface area contributed by atoms with Crippen LogP contribution in [0.5, 0.6) is 0 Å². The van der Waals surface area contributed by atoms with E-state index in [0.29, 0.717) is 0 Å². The molecule has 1 aromatic heterocycles. The van der Waals surface area contributed by atoms with E-state index in [0.717, 1.165) is 5.56 Å². The van der Waals surface area contributed by atoms with E-state index >= 15 is 0 Å². The van der Waals surface area contributed by atoms with Crippen LogP contribution in [0.15, 0.2) is 42.9 Å². The second-order valence-corrected chi connectivity index (χ2v) is 10.7. The Labute approximate surface area is 233 Å². The summed E-state index contributed by atoms with van der Waals surface area (Å²) in [5, 5.41) is 23.3. The Morgan fingerprint density at radius 2 is 1.68 bits per heavy atom. The Kier molecular flexibility index (Phi) is 11.5. The van der Waals surface area contributed by atoms with E-state index in [2.05, 4.69) is 15.7 Å². The third-order valence-corrected chi connectivity index (χ3v) is 5.61. The molecule has 0 unspecified atom stereocenters. The first-order valence-electron chi connectivity index (χ1n) is 12.9. The molecule has 0 aliphatic heterocycles. The first kappa shape index (κ1) is 32.1. The Bertz CT molecular complexity index is 1150. The highest BCUT2D eigenvalue weighted by Crippen LogP contribution is 2.14. The molecule has 0 aliphatic carbocycles. The zero-order chi connectivity index (χ0) is 30.0. The standard InChI is InChI=1S/C27H39N5O8/c1-17(2)12-22(24(35)36)32(30-21(25(37)39-6)13-18-10-8-7-9-11-18)31-15-19(28-16-31)14-20(23(33)34)29-26(38)40-27(3,4)5/h7-11,15-17,20-22,30H,12-14H2,1-6H3,(H,29,38)(H,33,34)(H,35,36)/t20-,21-,22-/m0/s1. The SMILES string of the molecule is COC(=O)[C@H](Cc1ccccc1)NN([C@@H](CC(C)C)C(=O)O)n1cnc(C[C@H](NC(=O)OC(C)(C)C)C(=O)O)c1. The van der Waals surface area contributed by atoms with Gasteiger partial charge in [-0.1, -0.05) is 44.2 Å². The van der Waals surface area contributed by atoms with E-state index < -0.39 is 47.7 Å². The number of esters is 1. The normalized spacial score (nSPS) is 13.7. The summed E-state index contributed by atoms with van der Waals surface area (Å²) < 4.78 is 11.5. The minimum Gasteiger partial charge on any atom is -0.480 e. The van der Waals surface area contributed by atoms with Crippen LogP contribution >= 0.6 is 0 Å². The van der Waals surface area contributed by atoms with Crippen LogP contribution in [0, 0.1) is 5.92 Å². The lowest BCUT2D eigenvalue weighted by atomic mass is 10.0. The summed E-state index contributed by atoms with van der Waals surface area (Å²) in [5.41, 5.74) is 3.25. The Morgan fingerprint density at radius 1 is 1.02 bits per heavy atom. The number of carboxylic acids is 2. The number of carboxylic acid groups (broad SMARTS) is 2. The van der Waals surface area contributed by atoms with Crippen molar-refractivity contribution in [2.75, 3.05) is 12.2 Å². The molecule has 1 heterocycles. The van der Waals surface area contributed by atoms with Gasteiger partial charge in [0.25, 0.3) is 0 Å². The lowest BCUT2D eigenvalue weighted by Gasteiger charge is -2.35. The zero-order valence-corrected chi connectivity index (χ0v) is 23.7. The summed E-state index contributed by atoms with van der Waals surface area (Å²) in [6, 6.07) is 5.74. The number of imidazole rings is 1. The summed E-state index contributed by atoms with van der Waals surface area (Å²) >= 11 is 0. The molecular weight excluding hydrogens is 522 g/mol. The molecule has 0 radical (unpaired) electrons. The van der Waals surface area contributed by atoms with Crippen molar-refractivity contribution in [2.24, 2.45) is 5.92 Å². The van der Waals surface area contributed by atoms with Gasteiger partial charge in [-0.05, 0) is 38.7 Å². The first-order chi connectivity index (χ1) is 18.7. The second-order valence-electron chi connectivity index (χ2n) is 10.7. The Balaban J connectivity index is 2.38. The summed E-state index contributed by atoms with van der Waals surface area (Å²) in [6.45, 7) is 8.70. The van der Waals surface area contributed by atoms with Crippen LogP contribution in [-0.4, -0.2) is 74.7 Å². The molecule has 0 bridgehead atoms. The number of amides is 1. The van der Waals surface area contributed by atoms with Crippen molar-refractivity contribution in [3.05, 3.63) is 54.1 Å². The van der Waals surface area contributed by atoms with E-state index in [1.807, 2.05) is 44.2 Å². The summed E-state index contributed by atoms with van der Waals surface area (Å²) in [7, 11) is 1.24. The molecule has 0 saturated carbocycles. The molecule has 0 saturated heterocycles. The van der Waals surface area contributed by atoms with Crippen molar-refractivity contribution in [2.45, 2.75) is 77.6 Å². The number of carbonyl (C=O) groups is 4. The van der Waals surface area contributed by atoms with Crippen LogP contribution in [0.4, 0.5) is 4.79 Å². The van der Waals surface area contributed by atoms with Gasteiger partial charge in [0.2, 0.25) is 0 Å². The van der Waals surface area contributed by atoms with Crippen LogP contribution in [0.2, 0.25) is 0 Å². The number of hydrazine groups is 1. The minimum absolute atomic E-state index is 0.0199. The molecule has 3 atom stereocenters. The molecule has 4 N–H and O–H groups in total. The van der Waals surface area contributed by atoms with Crippen molar-refractivity contribution in [3.8, 4) is 0 Å². The van der Waals surface area contributed by atoms with Gasteiger partial charge in [-0.25, -0.2) is 34.6 Å². The number of aliphatic carboxylic acids is 2. The zero-order valence-electron chi connectivity index (χ0n) is 23.7. The number of carbonyl (C=O) groups excluding carboxylic acids is 2. The van der Waals surface area contributed by atoms with Gasteiger partial charge in [-0.3, -0.25) is 4.79 Å². The number of methoxy groups -OCH3 is 1. The molecule has 40 heavy (non-hydrogen) atoms. The van der Waals surface area contributed by atoms with E-state index in [-0.39, 0.29) is 30.9 Å². The third kappa shape index (κ3) is 10.2. The molecular formula is C27H39N5O8. The van der Waals surface area contributed by atoms with Crippen LogP contribution < -0.4 is 15.9 Å². The predicted octanol–water partition coefficient (Wildman–Crippen LogP) is 2.13. The quantitative estimate of drug-likeness (QED) is 0.197. The van der Waals surface area contributed by atoms with Gasteiger partial charge >= 0.3 is 24.0 Å². The average Bonchev–Trinajstić information content (AvgIpc) is 3.31. The van der Waals surface area contributed by atoms with Gasteiger partial charge in [0.1, 0.15) is 24.0 Å². The number of hydrogen-bond donors (Lipinski definition) is 4. The summed E-state index contributed by atoms with van der Waals surface area (Å²) in [6.07, 6.45) is 2.07. The average molecular weight is 562 g/mol. The van der Waals surface area contributed by atoms with Crippen LogP contribution in [0.25, 0.3) is 0 Å². The van der Waals surface area contributed by atoms with Gasteiger partial charge in [-0.2, -0.15) is 0 Å². The number of alkyl carbamates (subject to hydrolysis) is 1. The number of hydrogen-bond acceptors (Lipinski definition) is 9. The monoisotopic (exact) mass is 561 g/mol. The highest BCUT2D eigenvalue weighted by atomic mass is 16.6. The van der Waals surface area contributed by atoms with Crippen LogP contribution in [-0.2, 0) is 36.7 Å². The highest BCUT2D eigenvalue weighted by molar-refractivity contribution is 5.80. The molecule has 220 valence electrons. The van der Waals surface area contributed by atoms with Crippen molar-refractivity contribution in [1.82, 2.24) is 20.4 Å². The number of rotatable bonds is 14. The van der Waals surface area contributed by atoms with Crippen LogP contribution in [0.3, 0.4) is 0 Å². The largest absolute Gasteiger partial charge is 0.480 e. The number of nitrogens with one attached hydrogen (secondary N) is 2. The Morgan fingerprint density at radius 3 is 2.20 bits per heavy atom. The van der Waals surface area contributed by atoms with Gasteiger partial charge in [0, 0.05) is 12.8 Å². The molecule has 2 rings (SSSR count). The lowest BCUT2D eigenvalue weighted by molar-refractivity contribution is -0.145. The fourth-order valence-corrected chi connectivity index (χ4v) is 3.84. The second kappa shape index (κ2) is 14.3. The van der Waals surface area contributed by atoms with E-state index in [4.69, 9.17) is 9.47 Å². The van der Waals surface area contributed by atoms with Gasteiger partial charge in [0.05, 0.1) is 19.0 Å². The fourth-order valence-electron chi connectivity index (χ4n) is 3.84. The minimum atomic E-state index is -1.36. The van der Waals surface area contributed by atoms with Gasteiger partial charge < -0.3 is 25.0 Å². The third-order valence-electron chi connectivity index (χ3n) is 5.61. The fraction of sp³-hybridized carbons (Fsp3) is 0.519. The maximum absolute atomic E-state index is 12.7. The van der Waals surface area contributed by atoms with Gasteiger partial charge in [0.15, 0.2) is 6.04 Å². The first-order valence-corrected chi connectivity index (χ1v) is 12.9. The number of aromatic nitrogens is 2. The van der Waals surface area contributed by atoms with Crippen molar-refractivity contribution in [3.63, 3.8) is 0 Å². The summed E-state index contributed by atoms with van der Waals surface area (Å²) in [5.74, 6) is -3.06. The molecule has 0 aliphatic rings. The molecule has 1 amide bonds. The van der Waals surface area contributed by atoms with E-state index in [1.54, 1.807) is 20.8 Å². The van der Waals surface area contributed by atoms with Crippen molar-refractivity contribution in [1.29, 1.82) is 0 Å². The van der Waals surface area contributed by atoms with Crippen molar-refractivity contribution < 1.29 is 38.9 Å². The Hall–Kier alpha value is -4.13. The summed E-state index contributed by atoms with van der Waals surface area (Å²) in [4.78, 5) is 53.3. The van der Waals surface area contributed by atoms with Gasteiger partial charge in [-0.15, -0.1) is 0 Å². The molecule has 1 aromatic carbocycles. The molecule has 0 spiro atoms. The molecule has 13 heteroatoms. The predicted molar refractivity (Wildman–Crippen MR) is 145 cm³/mol. The number of benzene rings is 1. The maximum atomic E-state index is 12.7. The lowest BCUT2D eigenvalue weighted by Crippen LogP contribution is -2.61. The molecule has 13 nitrogen and oxygen atoms in total. The highest BCUT2D eigenvalue weighted by Gasteiger charge is 2.33. The smallest absolute Gasteiger partial charge is 0.408 e. The molecule has 2 aromatic rings. The molecule has 0 fully saturated rings. The van der Waals surface area contributed by atoms with E-state index in [9.17, 15) is 29.4 Å². The van der Waals surface area contributed by atoms with Crippen molar-refractivity contribution >= 4 is 24.0 Å². The van der Waals surface area contributed by atoms with Crippen LogP contribution in [0.1, 0.15) is 52.3 Å².